The van der Waals surface area contributed by atoms with E-state index in [1.165, 1.54) is 24.7 Å². The minimum atomic E-state index is -1.19. The van der Waals surface area contributed by atoms with Crippen molar-refractivity contribution in [2.24, 2.45) is 5.10 Å². The van der Waals surface area contributed by atoms with E-state index in [0.29, 0.717) is 0 Å². The van der Waals surface area contributed by atoms with E-state index in [1.54, 1.807) is 6.07 Å². The van der Waals surface area contributed by atoms with E-state index in [2.05, 4.69) is 15.1 Å². The summed E-state index contributed by atoms with van der Waals surface area (Å²) >= 11 is 0. The Balaban J connectivity index is 1.74. The smallest absolute Gasteiger partial charge is 0.263 e. The van der Waals surface area contributed by atoms with Gasteiger partial charge in [-0.1, -0.05) is 0 Å². The van der Waals surface area contributed by atoms with Crippen molar-refractivity contribution in [2.75, 3.05) is 11.8 Å². The van der Waals surface area contributed by atoms with Gasteiger partial charge in [-0.2, -0.15) is 18.9 Å². The Morgan fingerprint density at radius 1 is 1.17 bits per heavy atom. The molecule has 4 heterocycles. The van der Waals surface area contributed by atoms with Crippen LogP contribution in [0.3, 0.4) is 0 Å². The third-order valence-electron chi connectivity index (χ3n) is 3.46. The van der Waals surface area contributed by atoms with Gasteiger partial charge in [0.15, 0.2) is 11.5 Å². The highest BCUT2D eigenvalue weighted by molar-refractivity contribution is 6.11. The Morgan fingerprint density at radius 3 is 2.74 bits per heavy atom. The van der Waals surface area contributed by atoms with Crippen LogP contribution in [0.1, 0.15) is 11.5 Å². The summed E-state index contributed by atoms with van der Waals surface area (Å²) in [6.07, 6.45) is 4.22. The lowest BCUT2D eigenvalue weighted by Crippen LogP contribution is -2.26. The van der Waals surface area contributed by atoms with Crippen molar-refractivity contribution in [3.8, 4) is 11.5 Å². The summed E-state index contributed by atoms with van der Waals surface area (Å²) in [5.41, 5.74) is 0.142. The van der Waals surface area contributed by atoms with Gasteiger partial charge < -0.3 is 9.47 Å². The van der Waals surface area contributed by atoms with Crippen molar-refractivity contribution in [3.05, 3.63) is 41.7 Å². The summed E-state index contributed by atoms with van der Waals surface area (Å²) < 4.78 is 37.7. The Morgan fingerprint density at radius 2 is 1.96 bits per heavy atom. The predicted molar refractivity (Wildman–Crippen MR) is 73.2 cm³/mol. The number of amides is 1. The van der Waals surface area contributed by atoms with Crippen LogP contribution in [0.4, 0.5) is 14.7 Å². The summed E-state index contributed by atoms with van der Waals surface area (Å²) in [5.74, 6) is -4.35. The maximum Gasteiger partial charge on any atom is 0.263 e. The van der Waals surface area contributed by atoms with Crippen molar-refractivity contribution in [3.63, 3.8) is 0 Å². The second kappa shape index (κ2) is 4.97. The van der Waals surface area contributed by atoms with Crippen molar-refractivity contribution in [2.45, 2.75) is 5.92 Å². The van der Waals surface area contributed by atoms with Crippen molar-refractivity contribution < 1.29 is 23.0 Å². The molecule has 7 nitrogen and oxygen atoms in total. The van der Waals surface area contributed by atoms with Gasteiger partial charge in [0.25, 0.3) is 11.9 Å². The average Bonchev–Trinajstić information content (AvgIpc) is 2.75. The second-order valence-electron chi connectivity index (χ2n) is 4.77. The molecular formula is C14H8F2N4O3. The molecule has 3 aliphatic rings. The normalized spacial score (nSPS) is 18.8. The lowest BCUT2D eigenvalue weighted by Gasteiger charge is -2.14. The highest BCUT2D eigenvalue weighted by atomic mass is 19.2. The van der Waals surface area contributed by atoms with E-state index < -0.39 is 23.5 Å². The molecule has 0 aliphatic carbocycles. The molecule has 1 unspecified atom stereocenters. The number of hydrazone groups is 1. The third kappa shape index (κ3) is 2.00. The van der Waals surface area contributed by atoms with Crippen LogP contribution >= 0.6 is 0 Å². The van der Waals surface area contributed by atoms with Crippen molar-refractivity contribution in [1.29, 1.82) is 0 Å². The minimum Gasteiger partial charge on any atom is -0.454 e. The largest absolute Gasteiger partial charge is 0.454 e. The SMILES string of the molecule is O=C1C(c2cc3c(F)c(F)c2OCO3)C=NN1c1ncccn1. The predicted octanol–water partition coefficient (Wildman–Crippen LogP) is 1.60. The van der Waals surface area contributed by atoms with E-state index in [9.17, 15) is 13.6 Å². The number of hydrogen-bond acceptors (Lipinski definition) is 6. The zero-order chi connectivity index (χ0) is 16.0. The van der Waals surface area contributed by atoms with Gasteiger partial charge in [-0.25, -0.2) is 9.97 Å². The molecule has 3 aliphatic heterocycles. The van der Waals surface area contributed by atoms with Gasteiger partial charge in [-0.15, -0.1) is 0 Å². The van der Waals surface area contributed by atoms with Crippen LogP contribution in [0.15, 0.2) is 29.6 Å². The topological polar surface area (TPSA) is 76.9 Å². The molecule has 0 radical (unpaired) electrons. The summed E-state index contributed by atoms with van der Waals surface area (Å²) in [6.45, 7) is -0.338. The number of ether oxygens (including phenoxy) is 2. The fraction of sp³-hybridized carbons (Fsp3) is 0.143. The lowest BCUT2D eigenvalue weighted by molar-refractivity contribution is -0.118. The molecule has 1 aromatic carbocycles. The average molecular weight is 318 g/mol. The van der Waals surface area contributed by atoms with E-state index >= 15 is 0 Å². The lowest BCUT2D eigenvalue weighted by atomic mass is 9.98. The molecule has 1 amide bonds. The molecule has 0 fully saturated rings. The van der Waals surface area contributed by atoms with Crippen molar-refractivity contribution in [1.82, 2.24) is 9.97 Å². The van der Waals surface area contributed by atoms with Crippen LogP contribution in [-0.4, -0.2) is 28.9 Å². The van der Waals surface area contributed by atoms with Crippen LogP contribution < -0.4 is 14.5 Å². The van der Waals surface area contributed by atoms with Crippen LogP contribution in [0.2, 0.25) is 0 Å². The summed E-state index contributed by atoms with van der Waals surface area (Å²) in [7, 11) is 0. The molecule has 5 rings (SSSR count). The van der Waals surface area contributed by atoms with Crippen LogP contribution in [-0.2, 0) is 4.79 Å². The molecule has 23 heavy (non-hydrogen) atoms. The summed E-state index contributed by atoms with van der Waals surface area (Å²) in [4.78, 5) is 20.4. The number of benzene rings is 1. The molecule has 2 bridgehead atoms. The number of anilines is 1. The first-order chi connectivity index (χ1) is 11.2. The number of carbonyl (C=O) groups is 1. The van der Waals surface area contributed by atoms with Gasteiger partial charge in [0, 0.05) is 24.2 Å². The molecule has 0 saturated carbocycles. The molecular weight excluding hydrogens is 310 g/mol. The van der Waals surface area contributed by atoms with Gasteiger partial charge in [-0.05, 0) is 12.1 Å². The Labute approximate surface area is 128 Å². The minimum absolute atomic E-state index is 0.0904. The van der Waals surface area contributed by atoms with Crippen LogP contribution in [0.5, 0.6) is 11.5 Å². The number of carbonyl (C=O) groups excluding carboxylic acids is 1. The summed E-state index contributed by atoms with van der Waals surface area (Å²) in [6, 6.07) is 2.84. The zero-order valence-electron chi connectivity index (χ0n) is 11.4. The molecule has 2 aromatic rings. The van der Waals surface area contributed by atoms with Gasteiger partial charge in [0.1, 0.15) is 5.92 Å². The molecule has 9 heteroatoms. The molecule has 1 aromatic heterocycles. The van der Waals surface area contributed by atoms with Gasteiger partial charge >= 0.3 is 0 Å². The van der Waals surface area contributed by atoms with E-state index in [0.717, 1.165) is 5.01 Å². The number of hydrogen-bond donors (Lipinski definition) is 0. The molecule has 0 spiro atoms. The van der Waals surface area contributed by atoms with E-state index in [-0.39, 0.29) is 29.8 Å². The first-order valence-electron chi connectivity index (χ1n) is 6.59. The molecule has 1 atom stereocenters. The van der Waals surface area contributed by atoms with Crippen LogP contribution in [0.25, 0.3) is 0 Å². The number of nitrogens with zero attached hydrogens (tertiary/aromatic N) is 4. The fourth-order valence-electron chi connectivity index (χ4n) is 2.39. The zero-order valence-corrected chi connectivity index (χ0v) is 11.4. The number of fused-ring (bicyclic) bond motifs is 4. The quantitative estimate of drug-likeness (QED) is 0.840. The first-order valence-corrected chi connectivity index (χ1v) is 6.59. The standard InChI is InChI=1S/C14H8F2N4O3/c15-10-9-4-7(12(11(10)16)23-6-22-9)8-5-19-20(13(8)21)14-17-2-1-3-18-14/h1-5,8H,6H2. The summed E-state index contributed by atoms with van der Waals surface area (Å²) in [5, 5.41) is 4.94. The highest BCUT2D eigenvalue weighted by Gasteiger charge is 2.37. The monoisotopic (exact) mass is 318 g/mol. The maximum absolute atomic E-state index is 14.0. The van der Waals surface area contributed by atoms with Crippen molar-refractivity contribution >= 4 is 18.1 Å². The van der Waals surface area contributed by atoms with Gasteiger partial charge in [0.2, 0.25) is 18.4 Å². The maximum atomic E-state index is 14.0. The van der Waals surface area contributed by atoms with Gasteiger partial charge in [-0.3, -0.25) is 4.79 Å². The van der Waals surface area contributed by atoms with Gasteiger partial charge in [0.05, 0.1) is 0 Å². The van der Waals surface area contributed by atoms with Crippen LogP contribution in [0, 0.1) is 11.6 Å². The van der Waals surface area contributed by atoms with E-state index in [4.69, 9.17) is 9.47 Å². The molecule has 116 valence electrons. The number of rotatable bonds is 2. The number of aromatic nitrogens is 2. The Hall–Kier alpha value is -3.10. The number of halogens is 2. The Bertz CT molecular complexity index is 829. The van der Waals surface area contributed by atoms with E-state index in [1.807, 2.05) is 0 Å². The first kappa shape index (κ1) is 13.6. The Kier molecular flexibility index (Phi) is 2.93. The fourth-order valence-corrected chi connectivity index (χ4v) is 2.39. The molecule has 0 saturated heterocycles. The highest BCUT2D eigenvalue weighted by Crippen LogP contribution is 2.40. The second-order valence-corrected chi connectivity index (χ2v) is 4.77. The third-order valence-corrected chi connectivity index (χ3v) is 3.46. The molecule has 0 N–H and O–H groups in total.